The van der Waals surface area contributed by atoms with Crippen LogP contribution in [0.2, 0.25) is 0 Å². The molecule has 24 heavy (non-hydrogen) atoms. The fourth-order valence-corrected chi connectivity index (χ4v) is 2.86. The molecule has 2 amide bonds. The first-order chi connectivity index (χ1) is 11.5. The zero-order chi connectivity index (χ0) is 17.2. The standard InChI is InChI=1S/C18H22N2O4/c1-18(2)15(12-16(21)19-8-10-23-11-9-19)24-17(22)20(18)13-14-6-4-3-5-7-14/h3-7,12H,8-11,13H2,1-2H3/b15-12+. The smallest absolute Gasteiger partial charge is 0.412 e. The third-order valence-electron chi connectivity index (χ3n) is 4.46. The van der Waals surface area contributed by atoms with Crippen molar-refractivity contribution in [2.24, 2.45) is 0 Å². The number of benzene rings is 1. The van der Waals surface area contributed by atoms with Gasteiger partial charge in [-0.3, -0.25) is 9.69 Å². The Kier molecular flexibility index (Phi) is 4.57. The molecule has 1 aromatic rings. The van der Waals surface area contributed by atoms with Crippen LogP contribution in [0.15, 0.2) is 42.2 Å². The summed E-state index contributed by atoms with van der Waals surface area (Å²) >= 11 is 0. The van der Waals surface area contributed by atoms with Gasteiger partial charge in [0.25, 0.3) is 0 Å². The molecule has 2 saturated heterocycles. The average Bonchev–Trinajstić information content (AvgIpc) is 2.80. The van der Waals surface area contributed by atoms with Crippen molar-refractivity contribution in [1.29, 1.82) is 0 Å². The van der Waals surface area contributed by atoms with E-state index in [1.807, 2.05) is 44.2 Å². The van der Waals surface area contributed by atoms with Crippen molar-refractivity contribution in [1.82, 2.24) is 9.80 Å². The number of carbonyl (C=O) groups is 2. The van der Waals surface area contributed by atoms with E-state index in [-0.39, 0.29) is 5.91 Å². The lowest BCUT2D eigenvalue weighted by Gasteiger charge is -2.29. The van der Waals surface area contributed by atoms with Crippen molar-refractivity contribution in [2.45, 2.75) is 25.9 Å². The van der Waals surface area contributed by atoms with Gasteiger partial charge in [-0.2, -0.15) is 0 Å². The van der Waals surface area contributed by atoms with E-state index < -0.39 is 11.6 Å². The van der Waals surface area contributed by atoms with Gasteiger partial charge in [0.05, 0.1) is 25.3 Å². The van der Waals surface area contributed by atoms with Gasteiger partial charge in [-0.1, -0.05) is 30.3 Å². The monoisotopic (exact) mass is 330 g/mol. The van der Waals surface area contributed by atoms with Gasteiger partial charge in [-0.15, -0.1) is 0 Å². The fourth-order valence-electron chi connectivity index (χ4n) is 2.86. The van der Waals surface area contributed by atoms with Crippen LogP contribution >= 0.6 is 0 Å². The summed E-state index contributed by atoms with van der Waals surface area (Å²) in [6.45, 7) is 6.42. The zero-order valence-corrected chi connectivity index (χ0v) is 14.0. The lowest BCUT2D eigenvalue weighted by molar-refractivity contribution is -0.130. The third-order valence-corrected chi connectivity index (χ3v) is 4.46. The van der Waals surface area contributed by atoms with Crippen LogP contribution in [0, 0.1) is 0 Å². The summed E-state index contributed by atoms with van der Waals surface area (Å²) in [4.78, 5) is 28.0. The van der Waals surface area contributed by atoms with Crippen LogP contribution in [-0.2, 0) is 20.8 Å². The van der Waals surface area contributed by atoms with Gasteiger partial charge in [0.1, 0.15) is 5.76 Å². The predicted molar refractivity (Wildman–Crippen MR) is 88.0 cm³/mol. The van der Waals surface area contributed by atoms with Gasteiger partial charge < -0.3 is 14.4 Å². The molecule has 0 aromatic heterocycles. The van der Waals surface area contributed by atoms with Crippen molar-refractivity contribution < 1.29 is 19.1 Å². The predicted octanol–water partition coefficient (Wildman–Crippen LogP) is 2.16. The maximum Gasteiger partial charge on any atom is 0.416 e. The fraction of sp³-hybridized carbons (Fsp3) is 0.444. The summed E-state index contributed by atoms with van der Waals surface area (Å²) in [5.74, 6) is 0.246. The molecule has 128 valence electrons. The first-order valence-corrected chi connectivity index (χ1v) is 8.10. The maximum atomic E-state index is 12.4. The van der Waals surface area contributed by atoms with E-state index in [0.717, 1.165) is 5.56 Å². The molecule has 0 N–H and O–H groups in total. The second-order valence-corrected chi connectivity index (χ2v) is 6.44. The summed E-state index contributed by atoms with van der Waals surface area (Å²) in [6, 6.07) is 9.72. The minimum absolute atomic E-state index is 0.143. The Labute approximate surface area is 141 Å². The zero-order valence-electron chi connectivity index (χ0n) is 14.0. The third kappa shape index (κ3) is 3.28. The molecule has 6 nitrogen and oxygen atoms in total. The number of carbonyl (C=O) groups excluding carboxylic acids is 2. The van der Waals surface area contributed by atoms with Gasteiger partial charge in [0.15, 0.2) is 0 Å². The summed E-state index contributed by atoms with van der Waals surface area (Å²) in [5.41, 5.74) is 0.345. The maximum absolute atomic E-state index is 12.4. The molecular weight excluding hydrogens is 308 g/mol. The highest BCUT2D eigenvalue weighted by Crippen LogP contribution is 2.34. The molecular formula is C18H22N2O4. The number of cyclic esters (lactones) is 1. The van der Waals surface area contributed by atoms with Crippen molar-refractivity contribution in [3.05, 3.63) is 47.7 Å². The van der Waals surface area contributed by atoms with E-state index in [2.05, 4.69) is 0 Å². The number of hydrogen-bond acceptors (Lipinski definition) is 4. The molecule has 2 aliphatic heterocycles. The molecule has 2 heterocycles. The summed E-state index contributed by atoms with van der Waals surface area (Å²) in [7, 11) is 0. The minimum atomic E-state index is -0.672. The van der Waals surface area contributed by atoms with E-state index >= 15 is 0 Å². The van der Waals surface area contributed by atoms with Crippen molar-refractivity contribution in [3.63, 3.8) is 0 Å². The van der Waals surface area contributed by atoms with Crippen LogP contribution in [0.3, 0.4) is 0 Å². The van der Waals surface area contributed by atoms with Crippen LogP contribution in [0.25, 0.3) is 0 Å². The Balaban J connectivity index is 1.76. The number of ether oxygens (including phenoxy) is 2. The minimum Gasteiger partial charge on any atom is -0.412 e. The summed E-state index contributed by atoms with van der Waals surface area (Å²) in [6.07, 6.45) is 1.01. The van der Waals surface area contributed by atoms with Gasteiger partial charge in [0.2, 0.25) is 5.91 Å². The van der Waals surface area contributed by atoms with Gasteiger partial charge >= 0.3 is 6.09 Å². The SMILES string of the molecule is CC1(C)/C(=C\C(=O)N2CCOCC2)OC(=O)N1Cc1ccccc1. The lowest BCUT2D eigenvalue weighted by Crippen LogP contribution is -2.42. The Morgan fingerprint density at radius 3 is 2.54 bits per heavy atom. The van der Waals surface area contributed by atoms with Crippen LogP contribution in [-0.4, -0.2) is 53.6 Å². The van der Waals surface area contributed by atoms with Gasteiger partial charge in [-0.25, -0.2) is 4.79 Å². The molecule has 0 bridgehead atoms. The molecule has 2 aliphatic rings. The van der Waals surface area contributed by atoms with Gasteiger partial charge in [-0.05, 0) is 19.4 Å². The largest absolute Gasteiger partial charge is 0.416 e. The molecule has 0 radical (unpaired) electrons. The molecule has 0 spiro atoms. The topological polar surface area (TPSA) is 59.1 Å². The Morgan fingerprint density at radius 2 is 1.88 bits per heavy atom. The van der Waals surface area contributed by atoms with Crippen LogP contribution in [0.5, 0.6) is 0 Å². The summed E-state index contributed by atoms with van der Waals surface area (Å²) < 4.78 is 10.6. The molecule has 0 aliphatic carbocycles. The molecule has 0 atom stereocenters. The quantitative estimate of drug-likeness (QED) is 0.797. The summed E-state index contributed by atoms with van der Waals surface area (Å²) in [5, 5.41) is 0. The van der Waals surface area contributed by atoms with E-state index in [4.69, 9.17) is 9.47 Å². The molecule has 6 heteroatoms. The highest BCUT2D eigenvalue weighted by molar-refractivity contribution is 5.89. The molecule has 0 saturated carbocycles. The number of rotatable bonds is 3. The Morgan fingerprint density at radius 1 is 1.21 bits per heavy atom. The number of morpholine rings is 1. The van der Waals surface area contributed by atoms with E-state index in [1.165, 1.54) is 6.08 Å². The number of nitrogens with zero attached hydrogens (tertiary/aromatic N) is 2. The van der Waals surface area contributed by atoms with Crippen LogP contribution in [0.4, 0.5) is 4.79 Å². The highest BCUT2D eigenvalue weighted by Gasteiger charge is 2.45. The molecule has 1 aromatic carbocycles. The van der Waals surface area contributed by atoms with Crippen molar-refractivity contribution in [2.75, 3.05) is 26.3 Å². The van der Waals surface area contributed by atoms with Gasteiger partial charge in [0, 0.05) is 19.2 Å². The average molecular weight is 330 g/mol. The van der Waals surface area contributed by atoms with E-state index in [1.54, 1.807) is 9.80 Å². The van der Waals surface area contributed by atoms with Crippen molar-refractivity contribution in [3.8, 4) is 0 Å². The Hall–Kier alpha value is -2.34. The highest BCUT2D eigenvalue weighted by atomic mass is 16.6. The Bertz CT molecular complexity index is 648. The number of hydrogen-bond donors (Lipinski definition) is 0. The first kappa shape index (κ1) is 16.5. The van der Waals surface area contributed by atoms with Crippen LogP contribution < -0.4 is 0 Å². The first-order valence-electron chi connectivity index (χ1n) is 8.10. The molecule has 0 unspecified atom stereocenters. The van der Waals surface area contributed by atoms with Crippen LogP contribution in [0.1, 0.15) is 19.4 Å². The van der Waals surface area contributed by atoms with E-state index in [0.29, 0.717) is 38.6 Å². The van der Waals surface area contributed by atoms with E-state index in [9.17, 15) is 9.59 Å². The lowest BCUT2D eigenvalue weighted by atomic mass is 10.00. The molecule has 2 fully saturated rings. The number of amides is 2. The molecule has 3 rings (SSSR count). The normalized spacial score (nSPS) is 21.9. The van der Waals surface area contributed by atoms with Crippen molar-refractivity contribution >= 4 is 12.0 Å². The second kappa shape index (κ2) is 6.65. The second-order valence-electron chi connectivity index (χ2n) is 6.44.